The molecule has 7 nitrogen and oxygen atoms in total. The van der Waals surface area contributed by atoms with E-state index in [0.717, 1.165) is 0 Å². The molecule has 8 heteroatoms. The summed E-state index contributed by atoms with van der Waals surface area (Å²) in [5.41, 5.74) is 0.916. The van der Waals surface area contributed by atoms with Gasteiger partial charge in [0, 0.05) is 23.5 Å². The summed E-state index contributed by atoms with van der Waals surface area (Å²) < 4.78 is 13.2. The fourth-order valence-electron chi connectivity index (χ4n) is 2.97. The molecule has 1 amide bonds. The van der Waals surface area contributed by atoms with E-state index < -0.39 is 36.3 Å². The molecule has 0 spiro atoms. The first-order valence-corrected chi connectivity index (χ1v) is 7.73. The number of carbonyl (C=O) groups is 1. The second-order valence-corrected chi connectivity index (χ2v) is 6.16. The summed E-state index contributed by atoms with van der Waals surface area (Å²) in [6, 6.07) is 4.71. The Labute approximate surface area is 137 Å². The molecule has 0 radical (unpaired) electrons. The highest BCUT2D eigenvalue weighted by Gasteiger charge is 2.40. The highest BCUT2D eigenvalue weighted by atomic mass is 19.1. The monoisotopic (exact) mass is 337 g/mol. The van der Waals surface area contributed by atoms with Crippen molar-refractivity contribution in [3.05, 3.63) is 35.8 Å². The third kappa shape index (κ3) is 3.13. The summed E-state index contributed by atoms with van der Waals surface area (Å²) in [6.07, 6.45) is -3.55. The Morgan fingerprint density at radius 3 is 2.71 bits per heavy atom. The average molecular weight is 337 g/mol. The Balaban J connectivity index is 1.66. The summed E-state index contributed by atoms with van der Waals surface area (Å²) >= 11 is 0. The van der Waals surface area contributed by atoms with Gasteiger partial charge in [-0.3, -0.25) is 4.79 Å². The zero-order valence-electron chi connectivity index (χ0n) is 13.0. The quantitative estimate of drug-likeness (QED) is 0.451. The predicted octanol–water partition coefficient (Wildman–Crippen LogP) is -0.520. The average Bonchev–Trinajstić information content (AvgIpc) is 2.97. The van der Waals surface area contributed by atoms with Gasteiger partial charge in [0.2, 0.25) is 0 Å². The minimum absolute atomic E-state index is 0.0673. The third-order valence-corrected chi connectivity index (χ3v) is 4.41. The van der Waals surface area contributed by atoms with Crippen LogP contribution in [0, 0.1) is 5.82 Å². The van der Waals surface area contributed by atoms with Gasteiger partial charge in [-0.2, -0.15) is 0 Å². The van der Waals surface area contributed by atoms with Crippen LogP contribution in [0.3, 0.4) is 0 Å². The number of hydrogen-bond donors (Lipinski definition) is 6. The fraction of sp³-hybridized carbons (Fsp3) is 0.438. The van der Waals surface area contributed by atoms with Crippen LogP contribution in [0.4, 0.5) is 4.39 Å². The van der Waals surface area contributed by atoms with Crippen molar-refractivity contribution in [2.45, 2.75) is 37.3 Å². The normalized spacial score (nSPS) is 30.5. The van der Waals surface area contributed by atoms with Crippen LogP contribution in [0.5, 0.6) is 0 Å². The standard InChI is InChI=1S/C16H20FN3O4/c1-7-13(21)15(23)14(22)12(19-7)6-18-16(24)11-5-8-4-9(17)2-3-10(8)20-11/h2-5,7,12-15,19-23H,6H2,1H3,(H,18,24)/t7-,12+,13+,14+,15+/m0/s1. The molecule has 5 atom stereocenters. The number of nitrogens with one attached hydrogen (secondary N) is 3. The van der Waals surface area contributed by atoms with E-state index in [0.29, 0.717) is 10.9 Å². The van der Waals surface area contributed by atoms with Crippen LogP contribution < -0.4 is 10.6 Å². The SMILES string of the molecule is C[C@@H]1N[C@H](CNC(=O)c2cc3cc(F)ccc3[nH]2)[C@@H](O)[C@H](O)[C@@H]1O. The maximum atomic E-state index is 13.2. The van der Waals surface area contributed by atoms with Crippen molar-refractivity contribution in [2.75, 3.05) is 6.54 Å². The molecule has 1 saturated heterocycles. The van der Waals surface area contributed by atoms with E-state index in [9.17, 15) is 24.5 Å². The second-order valence-electron chi connectivity index (χ2n) is 6.16. The van der Waals surface area contributed by atoms with E-state index in [4.69, 9.17) is 0 Å². The summed E-state index contributed by atoms with van der Waals surface area (Å²) in [5.74, 6) is -0.793. The Morgan fingerprint density at radius 2 is 1.96 bits per heavy atom. The molecule has 1 aromatic heterocycles. The largest absolute Gasteiger partial charge is 0.389 e. The Bertz CT molecular complexity index is 750. The molecule has 1 aliphatic rings. The van der Waals surface area contributed by atoms with Gasteiger partial charge in [-0.1, -0.05) is 0 Å². The van der Waals surface area contributed by atoms with E-state index >= 15 is 0 Å². The number of benzene rings is 1. The Kier molecular flexibility index (Phi) is 4.55. The van der Waals surface area contributed by atoms with E-state index in [1.807, 2.05) is 0 Å². The van der Waals surface area contributed by atoms with Crippen molar-refractivity contribution in [3.63, 3.8) is 0 Å². The van der Waals surface area contributed by atoms with Gasteiger partial charge >= 0.3 is 0 Å². The van der Waals surface area contributed by atoms with Crippen LogP contribution in [0.15, 0.2) is 24.3 Å². The third-order valence-electron chi connectivity index (χ3n) is 4.41. The molecule has 24 heavy (non-hydrogen) atoms. The number of halogens is 1. The number of amides is 1. The highest BCUT2D eigenvalue weighted by molar-refractivity contribution is 5.98. The number of rotatable bonds is 3. The number of H-pyrrole nitrogens is 1. The van der Waals surface area contributed by atoms with Crippen molar-refractivity contribution in [3.8, 4) is 0 Å². The van der Waals surface area contributed by atoms with E-state index in [1.54, 1.807) is 19.1 Å². The molecule has 1 fully saturated rings. The molecule has 130 valence electrons. The maximum Gasteiger partial charge on any atom is 0.267 e. The lowest BCUT2D eigenvalue weighted by Crippen LogP contribution is -2.66. The molecule has 1 aliphatic heterocycles. The molecule has 0 unspecified atom stereocenters. The van der Waals surface area contributed by atoms with Gasteiger partial charge in [0.1, 0.15) is 17.6 Å². The number of carbonyl (C=O) groups excluding carboxylic acids is 1. The van der Waals surface area contributed by atoms with Gasteiger partial charge in [-0.05, 0) is 31.2 Å². The Morgan fingerprint density at radius 1 is 1.21 bits per heavy atom. The van der Waals surface area contributed by atoms with Crippen LogP contribution in [0.25, 0.3) is 10.9 Å². The lowest BCUT2D eigenvalue weighted by Gasteiger charge is -2.40. The summed E-state index contributed by atoms with van der Waals surface area (Å²) in [7, 11) is 0. The molecule has 2 heterocycles. The van der Waals surface area contributed by atoms with E-state index in [1.165, 1.54) is 12.1 Å². The fourth-order valence-corrected chi connectivity index (χ4v) is 2.97. The maximum absolute atomic E-state index is 13.2. The van der Waals surface area contributed by atoms with Gasteiger partial charge < -0.3 is 30.9 Å². The van der Waals surface area contributed by atoms with Gasteiger partial charge in [0.15, 0.2) is 0 Å². The number of aromatic nitrogens is 1. The van der Waals surface area contributed by atoms with Gasteiger partial charge in [-0.15, -0.1) is 0 Å². The highest BCUT2D eigenvalue weighted by Crippen LogP contribution is 2.17. The molecule has 2 aromatic rings. The minimum Gasteiger partial charge on any atom is -0.389 e. The van der Waals surface area contributed by atoms with Crippen molar-refractivity contribution >= 4 is 16.8 Å². The number of fused-ring (bicyclic) bond motifs is 1. The lowest BCUT2D eigenvalue weighted by molar-refractivity contribution is -0.109. The molecular weight excluding hydrogens is 317 g/mol. The second kappa shape index (κ2) is 6.48. The number of aromatic amines is 1. The number of hydrogen-bond acceptors (Lipinski definition) is 5. The van der Waals surface area contributed by atoms with Crippen molar-refractivity contribution in [1.29, 1.82) is 0 Å². The van der Waals surface area contributed by atoms with Crippen LogP contribution in [0.2, 0.25) is 0 Å². The predicted molar refractivity (Wildman–Crippen MR) is 85.0 cm³/mol. The molecule has 3 rings (SSSR count). The van der Waals surface area contributed by atoms with Crippen LogP contribution in [0.1, 0.15) is 17.4 Å². The van der Waals surface area contributed by atoms with Crippen LogP contribution >= 0.6 is 0 Å². The van der Waals surface area contributed by atoms with Gasteiger partial charge in [0.25, 0.3) is 5.91 Å². The number of aliphatic hydroxyl groups is 3. The zero-order chi connectivity index (χ0) is 17.4. The first-order valence-electron chi connectivity index (χ1n) is 7.73. The lowest BCUT2D eigenvalue weighted by atomic mass is 9.91. The number of piperidine rings is 1. The molecule has 6 N–H and O–H groups in total. The molecule has 0 bridgehead atoms. The smallest absolute Gasteiger partial charge is 0.267 e. The summed E-state index contributed by atoms with van der Waals surface area (Å²) in [6.45, 7) is 1.75. The van der Waals surface area contributed by atoms with Crippen LogP contribution in [-0.2, 0) is 0 Å². The summed E-state index contributed by atoms with van der Waals surface area (Å²) in [4.78, 5) is 15.1. The van der Waals surface area contributed by atoms with Crippen molar-refractivity contribution < 1.29 is 24.5 Å². The first-order chi connectivity index (χ1) is 11.4. The molecule has 1 aromatic carbocycles. The molecule has 0 aliphatic carbocycles. The van der Waals surface area contributed by atoms with Gasteiger partial charge in [-0.25, -0.2) is 4.39 Å². The number of aliphatic hydroxyl groups excluding tert-OH is 3. The van der Waals surface area contributed by atoms with Gasteiger partial charge in [0.05, 0.1) is 18.2 Å². The van der Waals surface area contributed by atoms with Crippen molar-refractivity contribution in [1.82, 2.24) is 15.6 Å². The minimum atomic E-state index is -1.28. The molecule has 0 saturated carbocycles. The van der Waals surface area contributed by atoms with Crippen LogP contribution in [-0.4, -0.2) is 63.2 Å². The zero-order valence-corrected chi connectivity index (χ0v) is 13.0. The molecular formula is C16H20FN3O4. The Hall–Kier alpha value is -2.00. The summed E-state index contributed by atoms with van der Waals surface area (Å²) in [5, 5.41) is 35.7. The van der Waals surface area contributed by atoms with Crippen molar-refractivity contribution in [2.24, 2.45) is 0 Å². The topological polar surface area (TPSA) is 118 Å². The van der Waals surface area contributed by atoms with E-state index in [-0.39, 0.29) is 18.1 Å². The first kappa shape index (κ1) is 16.8. The van der Waals surface area contributed by atoms with E-state index in [2.05, 4.69) is 15.6 Å².